The molecule has 0 spiro atoms. The van der Waals surface area contributed by atoms with Crippen molar-refractivity contribution in [3.05, 3.63) is 29.3 Å². The molecular weight excluding hydrogens is 362 g/mol. The summed E-state index contributed by atoms with van der Waals surface area (Å²) in [7, 11) is 1.87. The highest BCUT2D eigenvalue weighted by atomic mass is 35.5. The lowest BCUT2D eigenvalue weighted by Crippen LogP contribution is -2.53. The van der Waals surface area contributed by atoms with Crippen LogP contribution in [-0.4, -0.2) is 88.4 Å². The fourth-order valence-corrected chi connectivity index (χ4v) is 3.92. The standard InChI is InChI=1S/C20H32ClN5O/c1-17(16-24-10-12-27-13-11-24)15-23-20(22-2)26-8-6-25(7-9-26)19-5-3-4-18(21)14-19/h3-5,14,17H,6-13,15-16H2,1-2H3,(H,22,23). The number of nitrogens with one attached hydrogen (secondary N) is 1. The smallest absolute Gasteiger partial charge is 0.193 e. The summed E-state index contributed by atoms with van der Waals surface area (Å²) >= 11 is 6.13. The van der Waals surface area contributed by atoms with Gasteiger partial charge in [0.15, 0.2) is 5.96 Å². The molecule has 27 heavy (non-hydrogen) atoms. The van der Waals surface area contributed by atoms with Crippen LogP contribution in [0.1, 0.15) is 6.92 Å². The third-order valence-corrected chi connectivity index (χ3v) is 5.48. The molecule has 1 atom stereocenters. The molecule has 2 fully saturated rings. The Labute approximate surface area is 168 Å². The Kier molecular flexibility index (Phi) is 7.61. The number of aliphatic imine (C=N–C) groups is 1. The molecule has 1 aromatic carbocycles. The maximum atomic E-state index is 6.13. The molecule has 2 saturated heterocycles. The minimum absolute atomic E-state index is 0.576. The van der Waals surface area contributed by atoms with Crippen molar-refractivity contribution in [2.75, 3.05) is 77.5 Å². The number of halogens is 1. The van der Waals surface area contributed by atoms with Gasteiger partial charge >= 0.3 is 0 Å². The number of hydrogen-bond donors (Lipinski definition) is 1. The molecule has 150 valence electrons. The van der Waals surface area contributed by atoms with Crippen LogP contribution in [0.3, 0.4) is 0 Å². The van der Waals surface area contributed by atoms with E-state index in [1.165, 1.54) is 5.69 Å². The van der Waals surface area contributed by atoms with Gasteiger partial charge in [0, 0.05) is 70.1 Å². The maximum absolute atomic E-state index is 6.13. The van der Waals surface area contributed by atoms with Crippen LogP contribution in [0.2, 0.25) is 5.02 Å². The van der Waals surface area contributed by atoms with Gasteiger partial charge in [-0.3, -0.25) is 9.89 Å². The number of guanidine groups is 1. The number of hydrogen-bond acceptors (Lipinski definition) is 4. The summed E-state index contributed by atoms with van der Waals surface area (Å²) in [5.41, 5.74) is 1.20. The summed E-state index contributed by atoms with van der Waals surface area (Å²) in [4.78, 5) is 11.7. The largest absolute Gasteiger partial charge is 0.379 e. The number of piperazine rings is 1. The Hall–Kier alpha value is -1.50. The molecule has 0 amide bonds. The van der Waals surface area contributed by atoms with Gasteiger partial charge in [-0.15, -0.1) is 0 Å². The first-order valence-electron chi connectivity index (χ1n) is 9.92. The first-order chi connectivity index (χ1) is 13.2. The molecule has 6 nitrogen and oxygen atoms in total. The van der Waals surface area contributed by atoms with Crippen LogP contribution in [-0.2, 0) is 4.74 Å². The highest BCUT2D eigenvalue weighted by Crippen LogP contribution is 2.20. The number of ether oxygens (including phenoxy) is 1. The molecule has 3 rings (SSSR count). The van der Waals surface area contributed by atoms with Gasteiger partial charge in [0.1, 0.15) is 0 Å². The monoisotopic (exact) mass is 393 g/mol. The quantitative estimate of drug-likeness (QED) is 0.612. The van der Waals surface area contributed by atoms with Crippen LogP contribution in [0.4, 0.5) is 5.69 Å². The third kappa shape index (κ3) is 5.99. The van der Waals surface area contributed by atoms with E-state index in [4.69, 9.17) is 16.3 Å². The molecule has 0 aromatic heterocycles. The highest BCUT2D eigenvalue weighted by Gasteiger charge is 2.21. The lowest BCUT2D eigenvalue weighted by molar-refractivity contribution is 0.0320. The zero-order valence-electron chi connectivity index (χ0n) is 16.5. The highest BCUT2D eigenvalue weighted by molar-refractivity contribution is 6.30. The molecule has 1 N–H and O–H groups in total. The molecule has 0 bridgehead atoms. The molecule has 2 aliphatic heterocycles. The van der Waals surface area contributed by atoms with Gasteiger partial charge in [-0.25, -0.2) is 0 Å². The summed E-state index contributed by atoms with van der Waals surface area (Å²) in [6.07, 6.45) is 0. The Balaban J connectivity index is 1.43. The van der Waals surface area contributed by atoms with Crippen molar-refractivity contribution in [3.8, 4) is 0 Å². The van der Waals surface area contributed by atoms with Gasteiger partial charge < -0.3 is 19.9 Å². The van der Waals surface area contributed by atoms with Gasteiger partial charge in [0.05, 0.1) is 13.2 Å². The predicted octanol–water partition coefficient (Wildman–Crippen LogP) is 2.01. The van der Waals surface area contributed by atoms with E-state index in [9.17, 15) is 0 Å². The average Bonchev–Trinajstić information content (AvgIpc) is 2.70. The van der Waals surface area contributed by atoms with Crippen LogP contribution in [0.15, 0.2) is 29.3 Å². The Morgan fingerprint density at radius 2 is 1.93 bits per heavy atom. The number of benzene rings is 1. The van der Waals surface area contributed by atoms with E-state index in [0.29, 0.717) is 5.92 Å². The summed E-state index contributed by atoms with van der Waals surface area (Å²) in [6, 6.07) is 8.10. The number of morpholine rings is 1. The van der Waals surface area contributed by atoms with Crippen LogP contribution in [0.25, 0.3) is 0 Å². The Bertz CT molecular complexity index is 612. The first-order valence-corrected chi connectivity index (χ1v) is 10.3. The Morgan fingerprint density at radius 3 is 2.59 bits per heavy atom. The third-order valence-electron chi connectivity index (χ3n) is 5.25. The molecule has 0 aliphatic carbocycles. The first kappa shape index (κ1) is 20.2. The van der Waals surface area contributed by atoms with Crippen molar-refractivity contribution in [1.82, 2.24) is 15.1 Å². The zero-order chi connectivity index (χ0) is 19.1. The van der Waals surface area contributed by atoms with Gasteiger partial charge in [0.25, 0.3) is 0 Å². The molecule has 2 aliphatic rings. The van der Waals surface area contributed by atoms with E-state index in [1.54, 1.807) is 0 Å². The van der Waals surface area contributed by atoms with Crippen molar-refractivity contribution in [2.24, 2.45) is 10.9 Å². The van der Waals surface area contributed by atoms with E-state index < -0.39 is 0 Å². The second kappa shape index (κ2) is 10.2. The molecule has 1 aromatic rings. The van der Waals surface area contributed by atoms with Gasteiger partial charge in [-0.2, -0.15) is 0 Å². The summed E-state index contributed by atoms with van der Waals surface area (Å²) < 4.78 is 5.43. The minimum Gasteiger partial charge on any atom is -0.379 e. The second-order valence-corrected chi connectivity index (χ2v) is 7.84. The number of rotatable bonds is 5. The summed E-state index contributed by atoms with van der Waals surface area (Å²) in [5.74, 6) is 1.59. The van der Waals surface area contributed by atoms with Crippen molar-refractivity contribution < 1.29 is 4.74 Å². The van der Waals surface area contributed by atoms with Crippen LogP contribution in [0, 0.1) is 5.92 Å². The maximum Gasteiger partial charge on any atom is 0.193 e. The average molecular weight is 394 g/mol. The topological polar surface area (TPSA) is 43.3 Å². The molecule has 2 heterocycles. The Morgan fingerprint density at radius 1 is 1.19 bits per heavy atom. The zero-order valence-corrected chi connectivity index (χ0v) is 17.3. The van der Waals surface area contributed by atoms with Crippen molar-refractivity contribution in [3.63, 3.8) is 0 Å². The fraction of sp³-hybridized carbons (Fsp3) is 0.650. The molecule has 1 unspecified atom stereocenters. The second-order valence-electron chi connectivity index (χ2n) is 7.40. The molecular formula is C20H32ClN5O. The van der Waals surface area contributed by atoms with Crippen molar-refractivity contribution in [2.45, 2.75) is 6.92 Å². The van der Waals surface area contributed by atoms with Gasteiger partial charge in [0.2, 0.25) is 0 Å². The lowest BCUT2D eigenvalue weighted by atomic mass is 10.1. The van der Waals surface area contributed by atoms with E-state index in [-0.39, 0.29) is 0 Å². The predicted molar refractivity (Wildman–Crippen MR) is 113 cm³/mol. The molecule has 7 heteroatoms. The van der Waals surface area contributed by atoms with E-state index in [0.717, 1.165) is 76.6 Å². The summed E-state index contributed by atoms with van der Waals surface area (Å²) in [6.45, 7) is 12.0. The lowest BCUT2D eigenvalue weighted by Gasteiger charge is -2.38. The number of nitrogens with zero attached hydrogens (tertiary/aromatic N) is 4. The van der Waals surface area contributed by atoms with Crippen molar-refractivity contribution in [1.29, 1.82) is 0 Å². The van der Waals surface area contributed by atoms with Crippen LogP contribution < -0.4 is 10.2 Å². The molecule has 0 radical (unpaired) electrons. The van der Waals surface area contributed by atoms with E-state index >= 15 is 0 Å². The summed E-state index contributed by atoms with van der Waals surface area (Å²) in [5, 5.41) is 4.36. The SMILES string of the molecule is CN=C(NCC(C)CN1CCOCC1)N1CCN(c2cccc(Cl)c2)CC1. The van der Waals surface area contributed by atoms with Gasteiger partial charge in [-0.05, 0) is 24.1 Å². The molecule has 0 saturated carbocycles. The van der Waals surface area contributed by atoms with E-state index in [1.807, 2.05) is 25.2 Å². The fourth-order valence-electron chi connectivity index (χ4n) is 3.74. The minimum atomic E-state index is 0.576. The van der Waals surface area contributed by atoms with Crippen molar-refractivity contribution >= 4 is 23.2 Å². The number of anilines is 1. The van der Waals surface area contributed by atoms with E-state index in [2.05, 4.69) is 38.0 Å². The normalized spacial score (nSPS) is 20.6. The van der Waals surface area contributed by atoms with Crippen LogP contribution >= 0.6 is 11.6 Å². The van der Waals surface area contributed by atoms with Crippen LogP contribution in [0.5, 0.6) is 0 Å². The van der Waals surface area contributed by atoms with Gasteiger partial charge in [-0.1, -0.05) is 24.6 Å².